The fraction of sp³-hybridized carbons (Fsp3) is 0.0769. The summed E-state index contributed by atoms with van der Waals surface area (Å²) in [7, 11) is 0. The van der Waals surface area contributed by atoms with Gasteiger partial charge in [0.25, 0.3) is 0 Å². The van der Waals surface area contributed by atoms with Gasteiger partial charge in [-0.2, -0.15) is 0 Å². The lowest BCUT2D eigenvalue weighted by molar-refractivity contribution is 1.42. The Morgan fingerprint density at radius 1 is 1.14 bits per heavy atom. The van der Waals surface area contributed by atoms with Gasteiger partial charge in [0, 0.05) is 11.4 Å². The first kappa shape index (κ1) is 9.12. The third-order valence-corrected chi connectivity index (χ3v) is 2.60. The lowest BCUT2D eigenvalue weighted by atomic mass is 10.0. The van der Waals surface area contributed by atoms with Gasteiger partial charge in [0.2, 0.25) is 0 Å². The summed E-state index contributed by atoms with van der Waals surface area (Å²) >= 11 is 5.89. The highest BCUT2D eigenvalue weighted by Gasteiger charge is 2.03. The minimum atomic E-state index is 0.459. The zero-order valence-corrected chi connectivity index (χ0v) is 8.38. The number of fused-ring (bicyclic) bond motifs is 1. The zero-order valence-electron chi connectivity index (χ0n) is 7.63. The van der Waals surface area contributed by atoms with Crippen LogP contribution in [0, 0.1) is 12.3 Å². The van der Waals surface area contributed by atoms with Crippen LogP contribution in [0.3, 0.4) is 0 Å². The van der Waals surface area contributed by atoms with Crippen LogP contribution in [0.4, 0.5) is 0 Å². The van der Waals surface area contributed by atoms with Gasteiger partial charge < -0.3 is 0 Å². The quantitative estimate of drug-likeness (QED) is 0.488. The minimum absolute atomic E-state index is 0.459. The predicted molar refractivity (Wildman–Crippen MR) is 61.4 cm³/mol. The molecule has 0 aliphatic rings. The predicted octanol–water partition coefficient (Wildman–Crippen LogP) is 3.56. The molecule has 0 unspecified atom stereocenters. The van der Waals surface area contributed by atoms with Crippen LogP contribution in [0.15, 0.2) is 36.4 Å². The largest absolute Gasteiger partial charge is 0.121 e. The zero-order chi connectivity index (χ0) is 9.97. The number of alkyl halides is 1. The highest BCUT2D eigenvalue weighted by Crippen LogP contribution is 2.23. The molecule has 0 saturated carbocycles. The SMILES string of the molecule is C#Cc1ccc2ccccc2c1CCl. The van der Waals surface area contributed by atoms with E-state index in [4.69, 9.17) is 18.0 Å². The molecule has 2 aromatic carbocycles. The van der Waals surface area contributed by atoms with Gasteiger partial charge in [0.15, 0.2) is 0 Å². The van der Waals surface area contributed by atoms with Gasteiger partial charge >= 0.3 is 0 Å². The Hall–Kier alpha value is -1.45. The number of terminal acetylenes is 1. The van der Waals surface area contributed by atoms with Crippen molar-refractivity contribution in [1.82, 2.24) is 0 Å². The summed E-state index contributed by atoms with van der Waals surface area (Å²) in [5.74, 6) is 3.11. The van der Waals surface area contributed by atoms with Crippen LogP contribution >= 0.6 is 11.6 Å². The molecule has 0 aromatic heterocycles. The lowest BCUT2D eigenvalue weighted by Crippen LogP contribution is -1.87. The molecule has 68 valence electrons. The molecular formula is C13H9Cl. The van der Waals surface area contributed by atoms with Gasteiger partial charge in [0.05, 0.1) is 0 Å². The first-order valence-electron chi connectivity index (χ1n) is 4.40. The Morgan fingerprint density at radius 3 is 2.64 bits per heavy atom. The third kappa shape index (κ3) is 1.36. The van der Waals surface area contributed by atoms with Crippen LogP contribution in [-0.4, -0.2) is 0 Å². The monoisotopic (exact) mass is 200 g/mol. The van der Waals surface area contributed by atoms with Gasteiger partial charge in [-0.1, -0.05) is 36.3 Å². The fourth-order valence-corrected chi connectivity index (χ4v) is 1.90. The summed E-state index contributed by atoms with van der Waals surface area (Å²) in [6.45, 7) is 0. The molecule has 0 nitrogen and oxygen atoms in total. The molecule has 0 atom stereocenters. The maximum Gasteiger partial charge on any atom is 0.0492 e. The van der Waals surface area contributed by atoms with E-state index >= 15 is 0 Å². The smallest absolute Gasteiger partial charge is 0.0492 e. The molecule has 0 saturated heterocycles. The molecule has 0 amide bonds. The molecule has 0 heterocycles. The number of benzene rings is 2. The molecule has 0 radical (unpaired) electrons. The van der Waals surface area contributed by atoms with Crippen molar-refractivity contribution in [2.45, 2.75) is 5.88 Å². The average molecular weight is 201 g/mol. The maximum absolute atomic E-state index is 5.89. The van der Waals surface area contributed by atoms with Crippen molar-refractivity contribution in [3.8, 4) is 12.3 Å². The van der Waals surface area contributed by atoms with Gasteiger partial charge in [-0.25, -0.2) is 0 Å². The van der Waals surface area contributed by atoms with Crippen molar-refractivity contribution in [3.63, 3.8) is 0 Å². The molecule has 2 aromatic rings. The van der Waals surface area contributed by atoms with E-state index in [9.17, 15) is 0 Å². The van der Waals surface area contributed by atoms with Crippen molar-refractivity contribution in [1.29, 1.82) is 0 Å². The Morgan fingerprint density at radius 2 is 1.93 bits per heavy atom. The van der Waals surface area contributed by atoms with E-state index in [0.717, 1.165) is 16.5 Å². The van der Waals surface area contributed by atoms with Gasteiger partial charge in [-0.15, -0.1) is 18.0 Å². The van der Waals surface area contributed by atoms with Crippen LogP contribution < -0.4 is 0 Å². The van der Waals surface area contributed by atoms with Crippen molar-refractivity contribution in [3.05, 3.63) is 47.5 Å². The highest BCUT2D eigenvalue weighted by molar-refractivity contribution is 6.18. The molecule has 2 rings (SSSR count). The van der Waals surface area contributed by atoms with Crippen molar-refractivity contribution >= 4 is 22.4 Å². The van der Waals surface area contributed by atoms with E-state index in [-0.39, 0.29) is 0 Å². The van der Waals surface area contributed by atoms with Crippen molar-refractivity contribution in [2.24, 2.45) is 0 Å². The molecule has 0 aliphatic heterocycles. The first-order chi connectivity index (χ1) is 6.86. The molecule has 0 bridgehead atoms. The second-order valence-electron chi connectivity index (χ2n) is 3.09. The molecule has 0 aliphatic carbocycles. The molecule has 1 heteroatoms. The van der Waals surface area contributed by atoms with Gasteiger partial charge in [0.1, 0.15) is 0 Å². The lowest BCUT2D eigenvalue weighted by Gasteiger charge is -2.05. The van der Waals surface area contributed by atoms with Crippen molar-refractivity contribution < 1.29 is 0 Å². The van der Waals surface area contributed by atoms with E-state index in [2.05, 4.69) is 12.0 Å². The van der Waals surface area contributed by atoms with E-state index in [1.807, 2.05) is 30.3 Å². The number of halogens is 1. The van der Waals surface area contributed by atoms with Crippen LogP contribution in [-0.2, 0) is 5.88 Å². The van der Waals surface area contributed by atoms with Gasteiger partial charge in [-0.3, -0.25) is 0 Å². The minimum Gasteiger partial charge on any atom is -0.121 e. The second kappa shape index (κ2) is 3.74. The van der Waals surface area contributed by atoms with Crippen LogP contribution in [0.1, 0.15) is 11.1 Å². The van der Waals surface area contributed by atoms with Gasteiger partial charge in [-0.05, 0) is 22.4 Å². The van der Waals surface area contributed by atoms with Crippen LogP contribution in [0.5, 0.6) is 0 Å². The molecule has 14 heavy (non-hydrogen) atoms. The van der Waals surface area contributed by atoms with E-state index in [1.165, 1.54) is 5.39 Å². The summed E-state index contributed by atoms with van der Waals surface area (Å²) in [5, 5.41) is 2.33. The highest BCUT2D eigenvalue weighted by atomic mass is 35.5. The summed E-state index contributed by atoms with van der Waals surface area (Å²) < 4.78 is 0. The maximum atomic E-state index is 5.89. The Bertz CT molecular complexity index is 506. The van der Waals surface area contributed by atoms with Crippen molar-refractivity contribution in [2.75, 3.05) is 0 Å². The van der Waals surface area contributed by atoms with E-state index in [0.29, 0.717) is 5.88 Å². The molecule has 0 spiro atoms. The number of rotatable bonds is 1. The van der Waals surface area contributed by atoms with E-state index < -0.39 is 0 Å². The number of hydrogen-bond acceptors (Lipinski definition) is 0. The normalized spacial score (nSPS) is 10.0. The first-order valence-corrected chi connectivity index (χ1v) is 4.93. The molecule has 0 fully saturated rings. The summed E-state index contributed by atoms with van der Waals surface area (Å²) in [5.41, 5.74) is 1.94. The topological polar surface area (TPSA) is 0 Å². The van der Waals surface area contributed by atoms with Crippen LogP contribution in [0.2, 0.25) is 0 Å². The Kier molecular flexibility index (Phi) is 2.43. The van der Waals surface area contributed by atoms with Crippen LogP contribution in [0.25, 0.3) is 10.8 Å². The second-order valence-corrected chi connectivity index (χ2v) is 3.36. The fourth-order valence-electron chi connectivity index (χ4n) is 1.62. The third-order valence-electron chi connectivity index (χ3n) is 2.33. The Labute approximate surface area is 88.5 Å². The van der Waals surface area contributed by atoms with E-state index in [1.54, 1.807) is 0 Å². The average Bonchev–Trinajstić information content (AvgIpc) is 2.27. The Balaban J connectivity index is 2.85. The summed E-state index contributed by atoms with van der Waals surface area (Å²) in [6, 6.07) is 12.1. The standard InChI is InChI=1S/C13H9Cl/c1-2-10-7-8-11-5-3-4-6-12(11)13(10)9-14/h1,3-8H,9H2. The summed E-state index contributed by atoms with van der Waals surface area (Å²) in [6.07, 6.45) is 5.41. The molecule has 0 N–H and O–H groups in total. The molecular weight excluding hydrogens is 192 g/mol. The number of hydrogen-bond donors (Lipinski definition) is 0. The summed E-state index contributed by atoms with van der Waals surface area (Å²) in [4.78, 5) is 0.